The molecule has 8 nitrogen and oxygen atoms in total. The van der Waals surface area contributed by atoms with Gasteiger partial charge in [-0.3, -0.25) is 9.71 Å². The van der Waals surface area contributed by atoms with Gasteiger partial charge in [-0.2, -0.15) is 0 Å². The number of nitrogens with one attached hydrogen (secondary N) is 2. The second-order valence-corrected chi connectivity index (χ2v) is 11.0. The van der Waals surface area contributed by atoms with E-state index in [0.717, 1.165) is 34.6 Å². The molecule has 1 saturated heterocycles. The summed E-state index contributed by atoms with van der Waals surface area (Å²) in [6.45, 7) is 2.07. The predicted octanol–water partition coefficient (Wildman–Crippen LogP) is 4.74. The van der Waals surface area contributed by atoms with Crippen LogP contribution in [-0.2, 0) is 10.0 Å². The molecule has 5 rings (SSSR count). The number of rotatable bonds is 7. The number of aryl methyl sites for hydroxylation is 1. The van der Waals surface area contributed by atoms with Crippen molar-refractivity contribution in [1.82, 2.24) is 14.9 Å². The SMILES string of the molecule is COc1cc(N2C(=S)N[C@H](c3ccccn3)[C@H]2c2cccn2-c2cccc(C)c2)ccc1NS(C)(=O)=O. The molecule has 190 valence electrons. The molecule has 2 aromatic heterocycles. The van der Waals surface area contributed by atoms with Crippen LogP contribution >= 0.6 is 12.2 Å². The Hall–Kier alpha value is -3.89. The quantitative estimate of drug-likeness (QED) is 0.332. The summed E-state index contributed by atoms with van der Waals surface area (Å²) in [6, 6.07) is 23.1. The fraction of sp³-hybridized carbons (Fsp3) is 0.185. The monoisotopic (exact) mass is 533 g/mol. The van der Waals surface area contributed by atoms with E-state index in [1.165, 1.54) is 7.11 Å². The minimum absolute atomic E-state index is 0.230. The van der Waals surface area contributed by atoms with E-state index in [9.17, 15) is 8.42 Å². The molecular weight excluding hydrogens is 506 g/mol. The average Bonchev–Trinajstić information content (AvgIpc) is 3.48. The molecule has 4 aromatic rings. The molecule has 1 aliphatic heterocycles. The maximum absolute atomic E-state index is 11.8. The van der Waals surface area contributed by atoms with Gasteiger partial charge in [0.2, 0.25) is 10.0 Å². The van der Waals surface area contributed by atoms with E-state index < -0.39 is 10.0 Å². The Morgan fingerprint density at radius 3 is 2.57 bits per heavy atom. The molecular formula is C27H27N5O3S2. The van der Waals surface area contributed by atoms with Gasteiger partial charge in [0, 0.05) is 35.5 Å². The smallest absolute Gasteiger partial charge is 0.229 e. The molecule has 0 unspecified atom stereocenters. The number of pyridine rings is 1. The van der Waals surface area contributed by atoms with Crippen molar-refractivity contribution in [3.05, 3.63) is 102 Å². The molecule has 0 aliphatic carbocycles. The van der Waals surface area contributed by atoms with Crippen LogP contribution in [0.5, 0.6) is 5.75 Å². The zero-order valence-electron chi connectivity index (χ0n) is 20.6. The standard InChI is InChI=1S/C27H27N5O3S2/c1-18-8-6-9-19(16-18)31-15-7-11-23(31)26-25(22-10-4-5-14-28-22)29-27(36)32(26)20-12-13-21(24(17-20)35-2)30-37(3,33)34/h4-17,25-26,30H,1-3H3,(H,29,36)/t25-,26-/m1/s1. The Morgan fingerprint density at radius 2 is 1.86 bits per heavy atom. The van der Waals surface area contributed by atoms with Crippen LogP contribution in [-0.4, -0.2) is 36.4 Å². The highest BCUT2D eigenvalue weighted by Crippen LogP contribution is 2.44. The molecule has 3 heterocycles. The number of nitrogens with zero attached hydrogens (tertiary/aromatic N) is 3. The first-order chi connectivity index (χ1) is 17.7. The first-order valence-electron chi connectivity index (χ1n) is 11.7. The molecule has 37 heavy (non-hydrogen) atoms. The van der Waals surface area contributed by atoms with Crippen molar-refractivity contribution in [2.75, 3.05) is 23.0 Å². The van der Waals surface area contributed by atoms with Gasteiger partial charge >= 0.3 is 0 Å². The minimum atomic E-state index is -3.48. The van der Waals surface area contributed by atoms with Crippen molar-refractivity contribution in [1.29, 1.82) is 0 Å². The second kappa shape index (κ2) is 9.87. The van der Waals surface area contributed by atoms with Gasteiger partial charge in [0.05, 0.1) is 30.8 Å². The summed E-state index contributed by atoms with van der Waals surface area (Å²) < 4.78 is 33.9. The third-order valence-corrected chi connectivity index (χ3v) is 7.13. The van der Waals surface area contributed by atoms with Crippen molar-refractivity contribution in [2.24, 2.45) is 0 Å². The minimum Gasteiger partial charge on any atom is -0.494 e. The van der Waals surface area contributed by atoms with Crippen LogP contribution in [0, 0.1) is 6.92 Å². The van der Waals surface area contributed by atoms with E-state index in [1.807, 2.05) is 47.5 Å². The summed E-state index contributed by atoms with van der Waals surface area (Å²) in [5, 5.41) is 4.00. The highest BCUT2D eigenvalue weighted by atomic mass is 32.2. The number of methoxy groups -OCH3 is 1. The van der Waals surface area contributed by atoms with Gasteiger partial charge in [0.15, 0.2) is 5.11 Å². The maximum atomic E-state index is 11.8. The third kappa shape index (κ3) is 5.03. The van der Waals surface area contributed by atoms with Crippen molar-refractivity contribution in [3.8, 4) is 11.4 Å². The summed E-state index contributed by atoms with van der Waals surface area (Å²) in [5.41, 5.74) is 5.20. The Bertz CT molecular complexity index is 1550. The van der Waals surface area contributed by atoms with Crippen molar-refractivity contribution in [3.63, 3.8) is 0 Å². The van der Waals surface area contributed by atoms with Crippen LogP contribution in [0.2, 0.25) is 0 Å². The summed E-state index contributed by atoms with van der Waals surface area (Å²) in [4.78, 5) is 6.66. The van der Waals surface area contributed by atoms with Crippen LogP contribution < -0.4 is 19.7 Å². The molecule has 1 aliphatic rings. The van der Waals surface area contributed by atoms with Crippen molar-refractivity contribution >= 4 is 38.7 Å². The number of thiocarbonyl (C=S) groups is 1. The van der Waals surface area contributed by atoms with Gasteiger partial charge in [-0.25, -0.2) is 8.42 Å². The molecule has 0 amide bonds. The maximum Gasteiger partial charge on any atom is 0.229 e. The fourth-order valence-electron chi connectivity index (χ4n) is 4.70. The van der Waals surface area contributed by atoms with Crippen LogP contribution in [0.15, 0.2) is 85.2 Å². The predicted molar refractivity (Wildman–Crippen MR) is 150 cm³/mol. The van der Waals surface area contributed by atoms with E-state index in [1.54, 1.807) is 18.3 Å². The van der Waals surface area contributed by atoms with E-state index >= 15 is 0 Å². The van der Waals surface area contributed by atoms with Gasteiger partial charge in [-0.05, 0) is 73.2 Å². The number of benzene rings is 2. The normalized spacial score (nSPS) is 17.5. The van der Waals surface area contributed by atoms with Crippen LogP contribution in [0.4, 0.5) is 11.4 Å². The van der Waals surface area contributed by atoms with Gasteiger partial charge in [-0.1, -0.05) is 18.2 Å². The van der Waals surface area contributed by atoms with E-state index in [0.29, 0.717) is 16.5 Å². The molecule has 2 aromatic carbocycles. The molecule has 0 spiro atoms. The third-order valence-electron chi connectivity index (χ3n) is 6.22. The molecule has 0 radical (unpaired) electrons. The van der Waals surface area contributed by atoms with Crippen molar-refractivity contribution in [2.45, 2.75) is 19.0 Å². The first-order valence-corrected chi connectivity index (χ1v) is 14.0. The fourth-order valence-corrected chi connectivity index (χ4v) is 5.61. The number of anilines is 2. The lowest BCUT2D eigenvalue weighted by atomic mass is 10.0. The Labute approximate surface area is 222 Å². The molecule has 2 N–H and O–H groups in total. The highest BCUT2D eigenvalue weighted by Gasteiger charge is 2.42. The van der Waals surface area contributed by atoms with E-state index in [4.69, 9.17) is 17.0 Å². The lowest BCUT2D eigenvalue weighted by Crippen LogP contribution is -2.30. The molecule has 10 heteroatoms. The summed E-state index contributed by atoms with van der Waals surface area (Å²) in [7, 11) is -1.97. The molecule has 1 fully saturated rings. The number of hydrogen-bond donors (Lipinski definition) is 2. The van der Waals surface area contributed by atoms with E-state index in [2.05, 4.69) is 50.8 Å². The zero-order valence-corrected chi connectivity index (χ0v) is 22.3. The molecule has 2 atom stereocenters. The molecule has 0 saturated carbocycles. The Morgan fingerprint density at radius 1 is 1.03 bits per heavy atom. The second-order valence-electron chi connectivity index (χ2n) is 8.90. The number of aromatic nitrogens is 2. The lowest BCUT2D eigenvalue weighted by Gasteiger charge is -2.29. The number of ether oxygens (including phenoxy) is 1. The summed E-state index contributed by atoms with van der Waals surface area (Å²) in [6.07, 6.45) is 4.92. The number of sulfonamides is 1. The summed E-state index contributed by atoms with van der Waals surface area (Å²) in [5.74, 6) is 0.389. The summed E-state index contributed by atoms with van der Waals surface area (Å²) >= 11 is 5.86. The van der Waals surface area contributed by atoms with Crippen LogP contribution in [0.25, 0.3) is 5.69 Å². The number of hydrogen-bond acceptors (Lipinski definition) is 5. The highest BCUT2D eigenvalue weighted by molar-refractivity contribution is 7.92. The average molecular weight is 534 g/mol. The first kappa shape index (κ1) is 24.8. The van der Waals surface area contributed by atoms with Gasteiger partial charge in [-0.15, -0.1) is 0 Å². The van der Waals surface area contributed by atoms with E-state index in [-0.39, 0.29) is 12.1 Å². The van der Waals surface area contributed by atoms with Crippen molar-refractivity contribution < 1.29 is 13.2 Å². The zero-order chi connectivity index (χ0) is 26.2. The van der Waals surface area contributed by atoms with Gasteiger partial charge < -0.3 is 19.5 Å². The Balaban J connectivity index is 1.65. The molecule has 0 bridgehead atoms. The largest absolute Gasteiger partial charge is 0.494 e. The lowest BCUT2D eigenvalue weighted by molar-refractivity contribution is 0.417. The Kier molecular flexibility index (Phi) is 6.61. The topological polar surface area (TPSA) is 88.5 Å². The van der Waals surface area contributed by atoms with Crippen LogP contribution in [0.1, 0.15) is 29.0 Å². The van der Waals surface area contributed by atoms with Gasteiger partial charge in [0.1, 0.15) is 11.8 Å². The van der Waals surface area contributed by atoms with Gasteiger partial charge in [0.25, 0.3) is 0 Å². The van der Waals surface area contributed by atoms with Crippen LogP contribution in [0.3, 0.4) is 0 Å².